The van der Waals surface area contributed by atoms with Gasteiger partial charge in [0.05, 0.1) is 10.2 Å². The zero-order valence-corrected chi connectivity index (χ0v) is 14.5. The van der Waals surface area contributed by atoms with E-state index in [1.165, 1.54) is 32.1 Å². The molecule has 1 atom stereocenters. The minimum absolute atomic E-state index is 0.0174. The molecular formula is C15H22BrClN2O. The van der Waals surface area contributed by atoms with Crippen molar-refractivity contribution in [3.63, 3.8) is 0 Å². The molecule has 0 aromatic carbocycles. The minimum Gasteiger partial charge on any atom is -0.370 e. The van der Waals surface area contributed by atoms with E-state index in [2.05, 4.69) is 32.8 Å². The van der Waals surface area contributed by atoms with Crippen LogP contribution < -0.4 is 0 Å². The van der Waals surface area contributed by atoms with Gasteiger partial charge in [0.1, 0.15) is 11.3 Å². The van der Waals surface area contributed by atoms with E-state index in [0.29, 0.717) is 17.7 Å². The van der Waals surface area contributed by atoms with E-state index in [-0.39, 0.29) is 6.10 Å². The first-order valence-corrected chi connectivity index (χ1v) is 8.67. The Balaban J connectivity index is 2.30. The summed E-state index contributed by atoms with van der Waals surface area (Å²) in [6.07, 6.45) is 7.10. The summed E-state index contributed by atoms with van der Waals surface area (Å²) in [5, 5.41) is 0.493. The van der Waals surface area contributed by atoms with Gasteiger partial charge in [0.25, 0.3) is 0 Å². The topological polar surface area (TPSA) is 35.0 Å². The third-order valence-electron chi connectivity index (χ3n) is 3.91. The Morgan fingerprint density at radius 1 is 1.25 bits per heavy atom. The van der Waals surface area contributed by atoms with Gasteiger partial charge >= 0.3 is 0 Å². The Labute approximate surface area is 134 Å². The first-order valence-electron chi connectivity index (χ1n) is 7.50. The van der Waals surface area contributed by atoms with Gasteiger partial charge in [0, 0.05) is 6.61 Å². The molecule has 0 bridgehead atoms. The summed E-state index contributed by atoms with van der Waals surface area (Å²) in [6.45, 7) is 4.78. The Kier molecular flexibility index (Phi) is 6.24. The molecule has 5 heteroatoms. The maximum Gasteiger partial charge on any atom is 0.159 e. The fourth-order valence-electron chi connectivity index (χ4n) is 2.88. The lowest BCUT2D eigenvalue weighted by Gasteiger charge is -2.29. The molecule has 1 aromatic heterocycles. The number of aryl methyl sites for hydroxylation is 1. The van der Waals surface area contributed by atoms with Crippen LogP contribution in [-0.2, 0) is 11.2 Å². The van der Waals surface area contributed by atoms with Crippen LogP contribution in [0.4, 0.5) is 0 Å². The number of hydrogen-bond donors (Lipinski definition) is 0. The fraction of sp³-hybridized carbons (Fsp3) is 0.733. The summed E-state index contributed by atoms with van der Waals surface area (Å²) in [7, 11) is 0. The van der Waals surface area contributed by atoms with E-state index in [4.69, 9.17) is 16.3 Å². The van der Waals surface area contributed by atoms with Crippen LogP contribution in [0.25, 0.3) is 0 Å². The van der Waals surface area contributed by atoms with Gasteiger partial charge in [-0.1, -0.05) is 37.8 Å². The zero-order chi connectivity index (χ0) is 14.5. The average molecular weight is 362 g/mol. The van der Waals surface area contributed by atoms with E-state index in [1.54, 1.807) is 0 Å². The molecule has 3 nitrogen and oxygen atoms in total. The molecule has 0 radical (unpaired) electrons. The highest BCUT2D eigenvalue weighted by Gasteiger charge is 2.28. The van der Waals surface area contributed by atoms with Gasteiger partial charge in [-0.2, -0.15) is 0 Å². The van der Waals surface area contributed by atoms with Crippen molar-refractivity contribution in [3.05, 3.63) is 21.1 Å². The number of hydrogen-bond acceptors (Lipinski definition) is 3. The van der Waals surface area contributed by atoms with Gasteiger partial charge in [0.15, 0.2) is 5.82 Å². The molecule has 1 fully saturated rings. The number of halogens is 2. The van der Waals surface area contributed by atoms with Crippen molar-refractivity contribution in [2.24, 2.45) is 5.92 Å². The summed E-state index contributed by atoms with van der Waals surface area (Å²) < 4.78 is 6.77. The molecule has 2 rings (SSSR count). The maximum atomic E-state index is 6.23. The van der Waals surface area contributed by atoms with Crippen LogP contribution in [0.2, 0.25) is 5.15 Å². The van der Waals surface area contributed by atoms with Crippen LogP contribution in [0.15, 0.2) is 4.47 Å². The molecule has 20 heavy (non-hydrogen) atoms. The highest BCUT2D eigenvalue weighted by atomic mass is 79.9. The van der Waals surface area contributed by atoms with Gasteiger partial charge in [-0.15, -0.1) is 0 Å². The van der Waals surface area contributed by atoms with E-state index in [9.17, 15) is 0 Å². The lowest BCUT2D eigenvalue weighted by Crippen LogP contribution is -2.22. The molecule has 0 amide bonds. The van der Waals surface area contributed by atoms with Crippen molar-refractivity contribution < 1.29 is 4.74 Å². The van der Waals surface area contributed by atoms with Crippen molar-refractivity contribution >= 4 is 27.5 Å². The van der Waals surface area contributed by atoms with E-state index >= 15 is 0 Å². The summed E-state index contributed by atoms with van der Waals surface area (Å²) >= 11 is 9.69. The predicted octanol–water partition coefficient (Wildman–Crippen LogP) is 5.11. The molecule has 0 N–H and O–H groups in total. The zero-order valence-electron chi connectivity index (χ0n) is 12.2. The summed E-state index contributed by atoms with van der Waals surface area (Å²) in [6, 6.07) is 0. The van der Waals surface area contributed by atoms with E-state index in [1.807, 2.05) is 6.92 Å². The Bertz CT molecular complexity index is 450. The van der Waals surface area contributed by atoms with Gasteiger partial charge in [0.2, 0.25) is 0 Å². The quantitative estimate of drug-likeness (QED) is 0.683. The second kappa shape index (κ2) is 7.71. The molecule has 1 saturated carbocycles. The number of rotatable bonds is 5. The van der Waals surface area contributed by atoms with Crippen LogP contribution in [0, 0.1) is 5.92 Å². The molecule has 1 heterocycles. The van der Waals surface area contributed by atoms with E-state index < -0.39 is 0 Å². The van der Waals surface area contributed by atoms with Crippen LogP contribution in [0.5, 0.6) is 0 Å². The monoisotopic (exact) mass is 360 g/mol. The van der Waals surface area contributed by atoms with Crippen LogP contribution in [0.3, 0.4) is 0 Å². The number of ether oxygens (including phenoxy) is 1. The van der Waals surface area contributed by atoms with Crippen molar-refractivity contribution in [1.82, 2.24) is 9.97 Å². The summed E-state index contributed by atoms with van der Waals surface area (Å²) in [5.41, 5.74) is 0.959. The Morgan fingerprint density at radius 2 is 1.95 bits per heavy atom. The largest absolute Gasteiger partial charge is 0.370 e. The van der Waals surface area contributed by atoms with Crippen molar-refractivity contribution in [1.29, 1.82) is 0 Å². The van der Waals surface area contributed by atoms with Gasteiger partial charge in [-0.05, 0) is 48.0 Å². The SMILES string of the molecule is CCOC(c1nc(Cl)c(Br)c(CC)n1)C1CCCCC1. The first kappa shape index (κ1) is 16.2. The molecule has 112 valence electrons. The second-order valence-corrected chi connectivity index (χ2v) is 6.41. The smallest absolute Gasteiger partial charge is 0.159 e. The fourth-order valence-corrected chi connectivity index (χ4v) is 3.53. The normalized spacial score (nSPS) is 18.2. The summed E-state index contributed by atoms with van der Waals surface area (Å²) in [4.78, 5) is 9.14. The van der Waals surface area contributed by atoms with Crippen molar-refractivity contribution in [2.75, 3.05) is 6.61 Å². The molecular weight excluding hydrogens is 340 g/mol. The predicted molar refractivity (Wildman–Crippen MR) is 85.1 cm³/mol. The minimum atomic E-state index is -0.0174. The Hall–Kier alpha value is -0.190. The van der Waals surface area contributed by atoms with E-state index in [0.717, 1.165) is 22.4 Å². The van der Waals surface area contributed by atoms with Gasteiger partial charge in [-0.3, -0.25) is 0 Å². The Morgan fingerprint density at radius 3 is 2.55 bits per heavy atom. The third kappa shape index (κ3) is 3.71. The molecule has 0 spiro atoms. The lowest BCUT2D eigenvalue weighted by molar-refractivity contribution is -0.000334. The summed E-state index contributed by atoms with van der Waals surface area (Å²) in [5.74, 6) is 1.27. The lowest BCUT2D eigenvalue weighted by atomic mass is 9.85. The standard InChI is InChI=1S/C15H22BrClN2O/c1-3-11-12(16)14(17)19-15(18-11)13(20-4-2)10-8-6-5-7-9-10/h10,13H,3-9H2,1-2H3. The van der Waals surface area contributed by atoms with Crippen LogP contribution >= 0.6 is 27.5 Å². The van der Waals surface area contributed by atoms with Gasteiger partial charge < -0.3 is 4.74 Å². The van der Waals surface area contributed by atoms with Crippen LogP contribution in [-0.4, -0.2) is 16.6 Å². The maximum absolute atomic E-state index is 6.23. The van der Waals surface area contributed by atoms with Crippen molar-refractivity contribution in [3.8, 4) is 0 Å². The average Bonchev–Trinajstić information content (AvgIpc) is 2.48. The molecule has 1 unspecified atom stereocenters. The number of aromatic nitrogens is 2. The molecule has 0 aliphatic heterocycles. The number of nitrogens with zero attached hydrogens (tertiary/aromatic N) is 2. The molecule has 1 aliphatic carbocycles. The first-order chi connectivity index (χ1) is 9.67. The molecule has 1 aromatic rings. The van der Waals surface area contributed by atoms with Crippen molar-refractivity contribution in [2.45, 2.75) is 58.5 Å². The van der Waals surface area contributed by atoms with Gasteiger partial charge in [-0.25, -0.2) is 9.97 Å². The highest BCUT2D eigenvalue weighted by Crippen LogP contribution is 2.37. The molecule has 0 saturated heterocycles. The molecule has 1 aliphatic rings. The van der Waals surface area contributed by atoms with Crippen LogP contribution in [0.1, 0.15) is 63.6 Å². The second-order valence-electron chi connectivity index (χ2n) is 5.26. The third-order valence-corrected chi connectivity index (χ3v) is 5.25. The highest BCUT2D eigenvalue weighted by molar-refractivity contribution is 9.10.